The number of aromatic amines is 1. The lowest BCUT2D eigenvalue weighted by molar-refractivity contribution is -0.360. The molecule has 0 radical (unpaired) electrons. The number of hydrogen-bond acceptors (Lipinski definition) is 10. The Balaban J connectivity index is 0.000000291. The Hall–Kier alpha value is -7.06. The van der Waals surface area contributed by atoms with Gasteiger partial charge in [0, 0.05) is 53.2 Å². The number of carbonyl (C=O) groups is 4. The second-order valence-corrected chi connectivity index (χ2v) is 17.5. The van der Waals surface area contributed by atoms with E-state index >= 15 is 0 Å². The van der Waals surface area contributed by atoms with Gasteiger partial charge >= 0.3 is 5.91 Å². The van der Waals surface area contributed by atoms with Crippen LogP contribution in [0.25, 0.3) is 12.2 Å². The normalized spacial score (nSPS) is 10.8. The Morgan fingerprint density at radius 2 is 1.06 bits per heavy atom. The van der Waals surface area contributed by atoms with Crippen LogP contribution in [-0.4, -0.2) is 67.1 Å². The lowest BCUT2D eigenvalue weighted by atomic mass is 10.1. The molecule has 20 heteroatoms. The highest BCUT2D eigenvalue weighted by Crippen LogP contribution is 2.16. The number of hydrogen-bond donors (Lipinski definition) is 5. The van der Waals surface area contributed by atoms with Crippen LogP contribution in [0.5, 0.6) is 0 Å². The van der Waals surface area contributed by atoms with Gasteiger partial charge in [0.25, 0.3) is 27.8 Å². The molecule has 0 atom stereocenters. The number of amides is 4. The van der Waals surface area contributed by atoms with Gasteiger partial charge in [0.1, 0.15) is 12.0 Å². The zero-order chi connectivity index (χ0) is 48.9. The Kier molecular flexibility index (Phi) is 21.0. The van der Waals surface area contributed by atoms with Gasteiger partial charge < -0.3 is 20.5 Å². The third kappa shape index (κ3) is 23.6. The van der Waals surface area contributed by atoms with E-state index in [9.17, 15) is 27.6 Å². The third-order valence-corrected chi connectivity index (χ3v) is 8.17. The smallest absolute Gasteiger partial charge is 0.331 e. The minimum absolute atomic E-state index is 0.207. The Morgan fingerprint density at radius 1 is 0.621 bits per heavy atom. The fraction of sp³-hybridized carbons (Fsp3) is 0.0870. The summed E-state index contributed by atoms with van der Waals surface area (Å²) in [6, 6.07) is 35.9. The van der Waals surface area contributed by atoms with Crippen LogP contribution in [0.3, 0.4) is 0 Å². The average molecular weight is 976 g/mol. The molecule has 66 heavy (non-hydrogen) atoms. The van der Waals surface area contributed by atoms with E-state index < -0.39 is 20.2 Å². The number of pyridine rings is 2. The maximum absolute atomic E-state index is 12.5. The number of aromatic nitrogens is 2. The summed E-state index contributed by atoms with van der Waals surface area (Å²) >= 11 is 11.6. The largest absolute Gasteiger partial charge is 0.748 e. The van der Waals surface area contributed by atoms with E-state index in [2.05, 4.69) is 31.2 Å². The summed E-state index contributed by atoms with van der Waals surface area (Å²) in [6.45, 7) is 3.93. The monoisotopic (exact) mass is 974 g/mol. The molecule has 0 spiro atoms. The van der Waals surface area contributed by atoms with Crippen molar-refractivity contribution in [3.8, 4) is 0 Å². The van der Waals surface area contributed by atoms with Crippen LogP contribution in [0, 0.1) is 13.8 Å². The van der Waals surface area contributed by atoms with Gasteiger partial charge in [0.15, 0.2) is 0 Å². The highest BCUT2D eigenvalue weighted by molar-refractivity contribution is 7.85. The van der Waals surface area contributed by atoms with E-state index in [0.717, 1.165) is 33.6 Å². The van der Waals surface area contributed by atoms with E-state index in [-0.39, 0.29) is 23.6 Å². The van der Waals surface area contributed by atoms with Crippen molar-refractivity contribution in [2.75, 3.05) is 33.8 Å². The Morgan fingerprint density at radius 3 is 1.47 bits per heavy atom. The highest BCUT2D eigenvalue weighted by atomic mass is 35.5. The van der Waals surface area contributed by atoms with Crippen molar-refractivity contribution in [2.45, 2.75) is 13.8 Å². The van der Waals surface area contributed by atoms with Gasteiger partial charge in [0.05, 0.1) is 26.4 Å². The van der Waals surface area contributed by atoms with Crippen molar-refractivity contribution >= 4 is 102 Å². The number of rotatable bonds is 10. The zero-order valence-corrected chi connectivity index (χ0v) is 38.8. The first-order valence-corrected chi connectivity index (χ1v) is 23.5. The number of halogens is 2. The summed E-state index contributed by atoms with van der Waals surface area (Å²) in [5.41, 5.74) is 6.10. The summed E-state index contributed by atoms with van der Waals surface area (Å²) in [5.74, 6) is -0.106. The fourth-order valence-electron chi connectivity index (χ4n) is 5.04. The van der Waals surface area contributed by atoms with E-state index in [1.165, 1.54) is 18.3 Å². The summed E-state index contributed by atoms with van der Waals surface area (Å²) in [4.78, 5) is 55.8. The predicted molar refractivity (Wildman–Crippen MR) is 257 cm³/mol. The molecular formula is C46H44Cl2N6O10S2. The molecule has 0 aliphatic carbocycles. The van der Waals surface area contributed by atoms with Crippen molar-refractivity contribution in [1.29, 1.82) is 0 Å². The SMILES string of the molecule is CS(=O)(=O)O.CS(=O)(=O)[O-].Cc1cccc(NC(=O)c2cccc(/C=C/C(=O)Nc3ccc(Cl)c[nH+]3)c2)c1.Cc1cccc(NC(=O)c2cccc(/C=C/C(=O)Nc3ccc(Cl)cn3)c2)c1. The molecule has 16 nitrogen and oxygen atoms in total. The standard InChI is InChI=1S/2C22H18ClN3O2.2CH4O3S/c2*1-15-4-2-7-19(12-15)25-22(28)17-6-3-5-16(13-17)8-11-21(27)26-20-10-9-18(23)14-24-20;2*1-5(2,3)4/h2*2-14H,1H3,(H,25,28)(H,24,26,27);2*1H3,(H,2,3,4)/b2*11-8+;;. The van der Waals surface area contributed by atoms with Gasteiger partial charge in [-0.05, 0) is 115 Å². The average Bonchev–Trinajstić information content (AvgIpc) is 3.23. The number of benzene rings is 4. The zero-order valence-electron chi connectivity index (χ0n) is 35.7. The molecule has 6 aromatic rings. The van der Waals surface area contributed by atoms with Crippen molar-refractivity contribution in [3.05, 3.63) is 189 Å². The van der Waals surface area contributed by atoms with Crippen LogP contribution in [0.15, 0.2) is 146 Å². The minimum atomic E-state index is -3.92. The van der Waals surface area contributed by atoms with Crippen LogP contribution in [0.4, 0.5) is 23.0 Å². The van der Waals surface area contributed by atoms with E-state index in [1.54, 1.807) is 79.0 Å². The molecular weight excluding hydrogens is 932 g/mol. The van der Waals surface area contributed by atoms with Gasteiger partial charge in [-0.25, -0.2) is 28.5 Å². The third-order valence-electron chi connectivity index (χ3n) is 7.72. The van der Waals surface area contributed by atoms with Crippen molar-refractivity contribution in [1.82, 2.24) is 4.98 Å². The lowest BCUT2D eigenvalue weighted by Crippen LogP contribution is -2.16. The molecule has 4 aromatic carbocycles. The van der Waals surface area contributed by atoms with Gasteiger partial charge in [0.2, 0.25) is 5.91 Å². The van der Waals surface area contributed by atoms with Crippen molar-refractivity contribution in [2.24, 2.45) is 0 Å². The molecule has 344 valence electrons. The van der Waals surface area contributed by atoms with Crippen molar-refractivity contribution < 1.29 is 50.1 Å². The molecule has 2 aromatic heterocycles. The summed E-state index contributed by atoms with van der Waals surface area (Å²) in [6.07, 6.45) is 10.4. The first-order chi connectivity index (χ1) is 31.0. The molecule has 0 bridgehead atoms. The summed E-state index contributed by atoms with van der Waals surface area (Å²) < 4.78 is 53.1. The number of nitrogens with one attached hydrogen (secondary N) is 5. The molecule has 0 fully saturated rings. The maximum atomic E-state index is 12.5. The Bertz CT molecular complexity index is 2700. The molecule has 4 amide bonds. The quantitative estimate of drug-likeness (QED) is 0.0650. The first kappa shape index (κ1) is 53.3. The topological polar surface area (TPSA) is 255 Å². The number of carbonyl (C=O) groups excluding carboxylic acids is 4. The lowest BCUT2D eigenvalue weighted by Gasteiger charge is -2.06. The first-order valence-electron chi connectivity index (χ1n) is 19.1. The minimum Gasteiger partial charge on any atom is -0.748 e. The van der Waals surface area contributed by atoms with Gasteiger partial charge in [-0.15, -0.1) is 0 Å². The molecule has 0 saturated heterocycles. The molecule has 0 aliphatic rings. The predicted octanol–water partition coefficient (Wildman–Crippen LogP) is 7.98. The van der Waals surface area contributed by atoms with E-state index in [4.69, 9.17) is 40.7 Å². The maximum Gasteiger partial charge on any atom is 0.331 e. The van der Waals surface area contributed by atoms with Crippen LogP contribution in [0.2, 0.25) is 10.0 Å². The van der Waals surface area contributed by atoms with Crippen LogP contribution in [0.1, 0.15) is 43.0 Å². The van der Waals surface area contributed by atoms with Crippen molar-refractivity contribution in [3.63, 3.8) is 0 Å². The molecule has 6 N–H and O–H groups in total. The fourth-order valence-corrected chi connectivity index (χ4v) is 5.27. The second-order valence-electron chi connectivity index (χ2n) is 13.8. The van der Waals surface area contributed by atoms with Gasteiger partial charge in [-0.1, -0.05) is 71.7 Å². The van der Waals surface area contributed by atoms with Crippen LogP contribution >= 0.6 is 23.2 Å². The van der Waals surface area contributed by atoms with Gasteiger partial charge in [-0.2, -0.15) is 8.42 Å². The van der Waals surface area contributed by atoms with Crippen LogP contribution in [-0.2, 0) is 29.8 Å². The summed E-state index contributed by atoms with van der Waals surface area (Å²) in [7, 11) is -7.58. The van der Waals surface area contributed by atoms with E-state index in [0.29, 0.717) is 45.3 Å². The van der Waals surface area contributed by atoms with Crippen LogP contribution < -0.4 is 26.3 Å². The highest BCUT2D eigenvalue weighted by Gasteiger charge is 2.10. The number of H-pyrrole nitrogens is 1. The molecule has 0 saturated carbocycles. The molecule has 0 unspecified atom stereocenters. The van der Waals surface area contributed by atoms with Gasteiger partial charge in [-0.3, -0.25) is 18.9 Å². The molecule has 6 rings (SSSR count). The number of nitrogens with zero attached hydrogens (tertiary/aromatic N) is 1. The molecule has 2 heterocycles. The molecule has 0 aliphatic heterocycles. The number of anilines is 4. The second kappa shape index (κ2) is 26.0. The summed E-state index contributed by atoms with van der Waals surface area (Å²) in [5, 5.41) is 12.1. The Labute approximate surface area is 392 Å². The van der Waals surface area contributed by atoms with E-state index in [1.807, 2.05) is 74.5 Å². The number of aryl methyl sites for hydroxylation is 2.